The normalized spacial score (nSPS) is 17.3. The highest BCUT2D eigenvalue weighted by Gasteiger charge is 2.33. The first-order chi connectivity index (χ1) is 26.8. The number of aliphatic imine (C=N–C) groups is 2. The standard InChI is InChI=1S/C43H43N5O7/c1-47-24-29(27-6-10-32(44)11-7-27)16-33(47)22-45-37-20-41(39(52-3)18-31(37)26-49)54-14-5-15-55-42-21-38-36(19-40(42)53-4)43(50)48-25-30(17-34(48)23-46-38)28-8-12-35(51-2)13-9-28/h6-13,18-26,33-34H,5,14-17,44H2,1-4H3. The van der Waals surface area contributed by atoms with Crippen LogP contribution in [0.15, 0.2) is 95.2 Å². The van der Waals surface area contributed by atoms with Crippen LogP contribution < -0.4 is 29.4 Å². The van der Waals surface area contributed by atoms with Gasteiger partial charge in [-0.1, -0.05) is 24.3 Å². The summed E-state index contributed by atoms with van der Waals surface area (Å²) in [5.74, 6) is 2.40. The molecule has 55 heavy (non-hydrogen) atoms. The summed E-state index contributed by atoms with van der Waals surface area (Å²) >= 11 is 0. The van der Waals surface area contributed by atoms with E-state index in [0.717, 1.165) is 40.8 Å². The Morgan fingerprint density at radius 3 is 2.15 bits per heavy atom. The first kappa shape index (κ1) is 36.8. The van der Waals surface area contributed by atoms with E-state index in [4.69, 9.17) is 39.4 Å². The van der Waals surface area contributed by atoms with Gasteiger partial charge in [-0.25, -0.2) is 0 Å². The minimum atomic E-state index is -0.206. The van der Waals surface area contributed by atoms with E-state index in [-0.39, 0.29) is 18.0 Å². The van der Waals surface area contributed by atoms with Crippen LogP contribution in [0.1, 0.15) is 51.1 Å². The molecule has 4 aromatic carbocycles. The van der Waals surface area contributed by atoms with Crippen LogP contribution in [0.5, 0.6) is 28.7 Å². The molecule has 12 heteroatoms. The molecule has 0 fully saturated rings. The maximum Gasteiger partial charge on any atom is 0.260 e. The number of anilines is 1. The monoisotopic (exact) mass is 741 g/mol. The van der Waals surface area contributed by atoms with Crippen molar-refractivity contribution in [1.82, 2.24) is 9.80 Å². The summed E-state index contributed by atoms with van der Waals surface area (Å²) in [6.45, 7) is 0.593. The largest absolute Gasteiger partial charge is 0.497 e. The van der Waals surface area contributed by atoms with E-state index in [1.165, 1.54) is 19.8 Å². The van der Waals surface area contributed by atoms with Crippen molar-refractivity contribution in [2.75, 3.05) is 47.3 Å². The minimum Gasteiger partial charge on any atom is -0.497 e. The zero-order valence-corrected chi connectivity index (χ0v) is 31.2. The summed E-state index contributed by atoms with van der Waals surface area (Å²) in [4.78, 5) is 39.0. The SMILES string of the molecule is COc1ccc(C2=CN3C(=O)c4cc(OC)c(OCCCOc5cc(N=CC6CC(c7ccc(N)cc7)=CN6C)c(C=O)cc5OC)cc4N=CC3C2)cc1. The fourth-order valence-corrected chi connectivity index (χ4v) is 6.82. The molecule has 0 radical (unpaired) electrons. The van der Waals surface area contributed by atoms with Gasteiger partial charge in [-0.05, 0) is 65.1 Å². The van der Waals surface area contributed by atoms with Gasteiger partial charge in [0.2, 0.25) is 0 Å². The van der Waals surface area contributed by atoms with Gasteiger partial charge >= 0.3 is 0 Å². The second-order valence-corrected chi connectivity index (χ2v) is 13.4. The zero-order chi connectivity index (χ0) is 38.5. The third-order valence-electron chi connectivity index (χ3n) is 9.90. The summed E-state index contributed by atoms with van der Waals surface area (Å²) in [6.07, 6.45) is 10.3. The van der Waals surface area contributed by atoms with Crippen molar-refractivity contribution in [3.8, 4) is 28.7 Å². The summed E-state index contributed by atoms with van der Waals surface area (Å²) < 4.78 is 28.7. The molecule has 0 saturated heterocycles. The molecule has 12 nitrogen and oxygen atoms in total. The molecule has 4 aromatic rings. The van der Waals surface area contributed by atoms with Crippen molar-refractivity contribution in [2.45, 2.75) is 31.3 Å². The molecule has 3 aliphatic heterocycles. The number of ether oxygens (including phenoxy) is 5. The Labute approximate surface area is 320 Å². The third kappa shape index (κ3) is 7.89. The lowest BCUT2D eigenvalue weighted by Gasteiger charge is -2.19. The number of nitrogens with two attached hydrogens (primary N) is 1. The van der Waals surface area contributed by atoms with Crippen molar-refractivity contribution >= 4 is 52.8 Å². The highest BCUT2D eigenvalue weighted by molar-refractivity contribution is 6.05. The van der Waals surface area contributed by atoms with Crippen LogP contribution in [0.3, 0.4) is 0 Å². The van der Waals surface area contributed by atoms with Gasteiger partial charge in [-0.3, -0.25) is 19.6 Å². The number of rotatable bonds is 14. The number of aldehydes is 1. The minimum absolute atomic E-state index is 0.0105. The predicted molar refractivity (Wildman–Crippen MR) is 214 cm³/mol. The summed E-state index contributed by atoms with van der Waals surface area (Å²) in [5.41, 5.74) is 12.8. The van der Waals surface area contributed by atoms with Crippen LogP contribution in [0.25, 0.3) is 11.1 Å². The van der Waals surface area contributed by atoms with Gasteiger partial charge in [0.15, 0.2) is 29.3 Å². The number of carbonyl (C=O) groups excluding carboxylic acids is 2. The number of benzene rings is 4. The number of fused-ring (bicyclic) bond motifs is 2. The Hall–Kier alpha value is -6.56. The van der Waals surface area contributed by atoms with E-state index >= 15 is 0 Å². The average molecular weight is 742 g/mol. The molecule has 3 aliphatic rings. The van der Waals surface area contributed by atoms with Crippen LogP contribution in [0, 0.1) is 0 Å². The Morgan fingerprint density at radius 2 is 1.47 bits per heavy atom. The Bertz CT molecular complexity index is 2190. The topological polar surface area (TPSA) is 138 Å². The zero-order valence-electron chi connectivity index (χ0n) is 31.2. The maximum absolute atomic E-state index is 13.7. The number of amides is 1. The number of hydrogen-bond donors (Lipinski definition) is 1. The molecule has 0 spiro atoms. The lowest BCUT2D eigenvalue weighted by molar-refractivity contribution is 0.0817. The fourth-order valence-electron chi connectivity index (χ4n) is 6.82. The molecular formula is C43H43N5O7. The molecule has 0 bridgehead atoms. The molecule has 282 valence electrons. The van der Waals surface area contributed by atoms with Crippen molar-refractivity contribution in [2.24, 2.45) is 9.98 Å². The number of methoxy groups -OCH3 is 3. The van der Waals surface area contributed by atoms with Crippen LogP contribution in [-0.4, -0.2) is 88.1 Å². The van der Waals surface area contributed by atoms with Gasteiger partial charge in [-0.15, -0.1) is 0 Å². The number of hydrogen-bond acceptors (Lipinski definition) is 11. The molecule has 0 aliphatic carbocycles. The Morgan fingerprint density at radius 1 is 0.818 bits per heavy atom. The van der Waals surface area contributed by atoms with E-state index in [0.29, 0.717) is 71.6 Å². The van der Waals surface area contributed by atoms with E-state index < -0.39 is 0 Å². The van der Waals surface area contributed by atoms with Crippen molar-refractivity contribution in [3.63, 3.8) is 0 Å². The van der Waals surface area contributed by atoms with Crippen molar-refractivity contribution in [1.29, 1.82) is 0 Å². The van der Waals surface area contributed by atoms with Crippen LogP contribution in [0.4, 0.5) is 17.1 Å². The van der Waals surface area contributed by atoms with E-state index in [2.05, 4.69) is 11.1 Å². The molecule has 0 aromatic heterocycles. The summed E-state index contributed by atoms with van der Waals surface area (Å²) in [7, 11) is 6.70. The van der Waals surface area contributed by atoms with Gasteiger partial charge < -0.3 is 39.2 Å². The average Bonchev–Trinajstić information content (AvgIpc) is 3.79. The highest BCUT2D eigenvalue weighted by atomic mass is 16.5. The smallest absolute Gasteiger partial charge is 0.260 e. The quantitative estimate of drug-likeness (QED) is 0.0608. The lowest BCUT2D eigenvalue weighted by atomic mass is 10.0. The highest BCUT2D eigenvalue weighted by Crippen LogP contribution is 2.40. The predicted octanol–water partition coefficient (Wildman–Crippen LogP) is 7.37. The molecule has 2 unspecified atom stereocenters. The molecule has 7 rings (SSSR count). The molecule has 2 atom stereocenters. The van der Waals surface area contributed by atoms with Gasteiger partial charge in [0.1, 0.15) is 5.75 Å². The molecule has 1 amide bonds. The van der Waals surface area contributed by atoms with Gasteiger partial charge in [0.25, 0.3) is 5.91 Å². The summed E-state index contributed by atoms with van der Waals surface area (Å²) in [6, 6.07) is 22.2. The van der Waals surface area contributed by atoms with Gasteiger partial charge in [-0.2, -0.15) is 0 Å². The van der Waals surface area contributed by atoms with E-state index in [1.54, 1.807) is 36.3 Å². The lowest BCUT2D eigenvalue weighted by Crippen LogP contribution is -2.32. The molecule has 3 heterocycles. The van der Waals surface area contributed by atoms with E-state index in [9.17, 15) is 9.59 Å². The van der Waals surface area contributed by atoms with E-state index in [1.807, 2.05) is 74.2 Å². The number of nitrogen functional groups attached to an aromatic ring is 1. The second-order valence-electron chi connectivity index (χ2n) is 13.4. The molecule has 0 saturated carbocycles. The van der Waals surface area contributed by atoms with Crippen LogP contribution in [0.2, 0.25) is 0 Å². The fraction of sp³-hybridized carbons (Fsp3) is 0.256. The van der Waals surface area contributed by atoms with Crippen LogP contribution >= 0.6 is 0 Å². The van der Waals surface area contributed by atoms with Crippen LogP contribution in [-0.2, 0) is 0 Å². The number of nitrogens with zero attached hydrogens (tertiary/aromatic N) is 4. The molecular weight excluding hydrogens is 699 g/mol. The third-order valence-corrected chi connectivity index (χ3v) is 9.90. The Kier molecular flexibility index (Phi) is 10.8. The Balaban J connectivity index is 0.977. The maximum atomic E-state index is 13.7. The van der Waals surface area contributed by atoms with Crippen molar-refractivity contribution in [3.05, 3.63) is 107 Å². The summed E-state index contributed by atoms with van der Waals surface area (Å²) in [5, 5.41) is 0. The second kappa shape index (κ2) is 16.2. The molecule has 2 N–H and O–H groups in total. The number of carbonyl (C=O) groups is 2. The van der Waals surface area contributed by atoms with Crippen molar-refractivity contribution < 1.29 is 33.3 Å². The first-order valence-electron chi connectivity index (χ1n) is 18.0. The van der Waals surface area contributed by atoms with Gasteiger partial charge in [0.05, 0.1) is 63.6 Å². The van der Waals surface area contributed by atoms with Gasteiger partial charge in [0, 0.05) is 68.1 Å². The first-order valence-corrected chi connectivity index (χ1v) is 18.0.